The van der Waals surface area contributed by atoms with Crippen LogP contribution in [-0.2, 0) is 4.32 Å². The molecule has 1 aromatic carbocycles. The minimum atomic E-state index is -0.595. The molecule has 0 radical (unpaired) electrons. The van der Waals surface area contributed by atoms with Gasteiger partial charge >= 0.3 is 0 Å². The molecule has 0 saturated carbocycles. The Morgan fingerprint density at radius 2 is 2.29 bits per heavy atom. The third-order valence-corrected chi connectivity index (χ3v) is 4.00. The lowest BCUT2D eigenvalue weighted by atomic mass is 9.86. The third kappa shape index (κ3) is 1.22. The smallest absolute Gasteiger partial charge is 0.146 e. The Bertz CT molecular complexity index is 399. The van der Waals surface area contributed by atoms with Crippen LogP contribution in [0.15, 0.2) is 24.3 Å². The summed E-state index contributed by atoms with van der Waals surface area (Å²) >= 11 is 3.52. The van der Waals surface area contributed by atoms with Crippen LogP contribution in [0.4, 0.5) is 0 Å². The molecule has 0 saturated heterocycles. The number of nitriles is 1. The Morgan fingerprint density at radius 1 is 1.57 bits per heavy atom. The fourth-order valence-corrected chi connectivity index (χ4v) is 2.12. The second-order valence-electron chi connectivity index (χ2n) is 3.53. The molecule has 14 heavy (non-hydrogen) atoms. The quantitative estimate of drug-likeness (QED) is 0.665. The molecule has 1 aliphatic rings. The molecule has 2 rings (SSSR count). The summed E-state index contributed by atoms with van der Waals surface area (Å²) in [5.41, 5.74) is 0.932. The van der Waals surface area contributed by atoms with Crippen LogP contribution in [-0.4, -0.2) is 6.61 Å². The van der Waals surface area contributed by atoms with Crippen molar-refractivity contribution in [3.05, 3.63) is 29.8 Å². The van der Waals surface area contributed by atoms with Gasteiger partial charge < -0.3 is 4.74 Å². The summed E-state index contributed by atoms with van der Waals surface area (Å²) < 4.78 is 4.96. The first-order valence-electron chi connectivity index (χ1n) is 4.51. The molecule has 0 aliphatic carbocycles. The number of nitrogens with zero attached hydrogens (tertiary/aromatic N) is 1. The van der Waals surface area contributed by atoms with Gasteiger partial charge in [-0.15, -0.1) is 0 Å². The SMILES string of the molecule is CC1COc2ccccc2C1(Br)C#N. The van der Waals surface area contributed by atoms with Crippen molar-refractivity contribution in [1.82, 2.24) is 0 Å². The highest BCUT2D eigenvalue weighted by Gasteiger charge is 2.41. The summed E-state index contributed by atoms with van der Waals surface area (Å²) in [7, 11) is 0. The predicted molar refractivity (Wildman–Crippen MR) is 57.3 cm³/mol. The zero-order valence-electron chi connectivity index (χ0n) is 7.83. The fraction of sp³-hybridized carbons (Fsp3) is 0.364. The molecule has 0 fully saturated rings. The van der Waals surface area contributed by atoms with Gasteiger partial charge in [-0.2, -0.15) is 5.26 Å². The number of halogens is 1. The summed E-state index contributed by atoms with van der Waals surface area (Å²) in [4.78, 5) is 0. The third-order valence-electron chi connectivity index (χ3n) is 2.61. The van der Waals surface area contributed by atoms with Gasteiger partial charge in [0.1, 0.15) is 10.1 Å². The van der Waals surface area contributed by atoms with Gasteiger partial charge in [-0.1, -0.05) is 41.1 Å². The van der Waals surface area contributed by atoms with E-state index in [1.807, 2.05) is 31.2 Å². The van der Waals surface area contributed by atoms with E-state index in [0.717, 1.165) is 11.3 Å². The Balaban J connectivity index is 2.59. The van der Waals surface area contributed by atoms with Gasteiger partial charge in [0.2, 0.25) is 0 Å². The summed E-state index contributed by atoms with van der Waals surface area (Å²) in [5, 5.41) is 9.22. The second-order valence-corrected chi connectivity index (χ2v) is 4.78. The molecule has 0 amide bonds. The maximum absolute atomic E-state index is 9.22. The number of rotatable bonds is 0. The van der Waals surface area contributed by atoms with Crippen LogP contribution in [0.2, 0.25) is 0 Å². The molecule has 0 spiro atoms. The number of hydrogen-bond donors (Lipinski definition) is 0. The molecule has 1 aliphatic heterocycles. The summed E-state index contributed by atoms with van der Waals surface area (Å²) in [5.74, 6) is 0.964. The first kappa shape index (κ1) is 9.54. The highest BCUT2D eigenvalue weighted by Crippen LogP contribution is 2.45. The van der Waals surface area contributed by atoms with E-state index < -0.39 is 4.32 Å². The van der Waals surface area contributed by atoms with Crippen molar-refractivity contribution in [1.29, 1.82) is 5.26 Å². The molecule has 1 heterocycles. The molecule has 2 atom stereocenters. The fourth-order valence-electron chi connectivity index (χ4n) is 1.66. The van der Waals surface area contributed by atoms with E-state index in [1.54, 1.807) is 0 Å². The van der Waals surface area contributed by atoms with Gasteiger partial charge in [0.05, 0.1) is 12.7 Å². The normalized spacial score (nSPS) is 29.9. The van der Waals surface area contributed by atoms with Crippen molar-refractivity contribution in [2.75, 3.05) is 6.61 Å². The van der Waals surface area contributed by atoms with Crippen molar-refractivity contribution in [2.45, 2.75) is 11.2 Å². The van der Waals surface area contributed by atoms with Crippen LogP contribution >= 0.6 is 15.9 Å². The van der Waals surface area contributed by atoms with E-state index in [-0.39, 0.29) is 5.92 Å². The molecule has 3 heteroatoms. The van der Waals surface area contributed by atoms with Gasteiger partial charge in [0, 0.05) is 11.5 Å². The zero-order chi connectivity index (χ0) is 10.2. The van der Waals surface area contributed by atoms with Crippen molar-refractivity contribution in [3.8, 4) is 11.8 Å². The number of ether oxygens (including phenoxy) is 1. The maximum atomic E-state index is 9.22. The summed E-state index contributed by atoms with van der Waals surface area (Å²) in [6.07, 6.45) is 0. The van der Waals surface area contributed by atoms with Crippen LogP contribution in [0, 0.1) is 17.2 Å². The minimum Gasteiger partial charge on any atom is -0.493 e. The van der Waals surface area contributed by atoms with E-state index in [0.29, 0.717) is 6.61 Å². The predicted octanol–water partition coefficient (Wildman–Crippen LogP) is 2.83. The van der Waals surface area contributed by atoms with Gasteiger partial charge in [0.15, 0.2) is 0 Å². The van der Waals surface area contributed by atoms with Crippen LogP contribution in [0.25, 0.3) is 0 Å². The van der Waals surface area contributed by atoms with E-state index in [9.17, 15) is 5.26 Å². The second kappa shape index (κ2) is 3.29. The molecule has 72 valence electrons. The molecule has 2 nitrogen and oxygen atoms in total. The van der Waals surface area contributed by atoms with E-state index in [2.05, 4.69) is 22.0 Å². The first-order chi connectivity index (χ1) is 6.68. The van der Waals surface area contributed by atoms with Gasteiger partial charge in [0.25, 0.3) is 0 Å². The summed E-state index contributed by atoms with van der Waals surface area (Å²) in [6, 6.07) is 9.99. The van der Waals surface area contributed by atoms with Gasteiger partial charge in [-0.25, -0.2) is 0 Å². The van der Waals surface area contributed by atoms with Crippen molar-refractivity contribution in [3.63, 3.8) is 0 Å². The van der Waals surface area contributed by atoms with Crippen molar-refractivity contribution < 1.29 is 4.74 Å². The molecular weight excluding hydrogens is 242 g/mol. The molecule has 2 unspecified atom stereocenters. The highest BCUT2D eigenvalue weighted by molar-refractivity contribution is 9.09. The topological polar surface area (TPSA) is 33.0 Å². The Kier molecular flexibility index (Phi) is 2.24. The maximum Gasteiger partial charge on any atom is 0.146 e. The zero-order valence-corrected chi connectivity index (χ0v) is 9.41. The lowest BCUT2D eigenvalue weighted by Gasteiger charge is -2.33. The van der Waals surface area contributed by atoms with E-state index in [4.69, 9.17) is 4.74 Å². The lowest BCUT2D eigenvalue weighted by Crippen LogP contribution is -2.34. The standard InChI is InChI=1S/C11H10BrNO/c1-8-6-14-10-5-3-2-4-9(10)11(8,12)7-13/h2-5,8H,6H2,1H3. The molecular formula is C11H10BrNO. The lowest BCUT2D eigenvalue weighted by molar-refractivity contribution is 0.213. The Morgan fingerprint density at radius 3 is 3.00 bits per heavy atom. The van der Waals surface area contributed by atoms with Crippen LogP contribution in [0.5, 0.6) is 5.75 Å². The highest BCUT2D eigenvalue weighted by atomic mass is 79.9. The van der Waals surface area contributed by atoms with Crippen LogP contribution < -0.4 is 4.74 Å². The van der Waals surface area contributed by atoms with Crippen LogP contribution in [0.3, 0.4) is 0 Å². The number of alkyl halides is 1. The van der Waals surface area contributed by atoms with Crippen molar-refractivity contribution >= 4 is 15.9 Å². The molecule has 0 bridgehead atoms. The molecule has 0 aromatic heterocycles. The number of para-hydroxylation sites is 1. The summed E-state index contributed by atoms with van der Waals surface area (Å²) in [6.45, 7) is 2.59. The first-order valence-corrected chi connectivity index (χ1v) is 5.30. The van der Waals surface area contributed by atoms with Crippen molar-refractivity contribution in [2.24, 2.45) is 5.92 Å². The minimum absolute atomic E-state index is 0.155. The van der Waals surface area contributed by atoms with Gasteiger partial charge in [-0.3, -0.25) is 0 Å². The largest absolute Gasteiger partial charge is 0.493 e. The van der Waals surface area contributed by atoms with Gasteiger partial charge in [-0.05, 0) is 6.07 Å². The Labute approximate surface area is 91.6 Å². The van der Waals surface area contributed by atoms with E-state index >= 15 is 0 Å². The monoisotopic (exact) mass is 251 g/mol. The number of hydrogen-bond acceptors (Lipinski definition) is 2. The number of benzene rings is 1. The molecule has 0 N–H and O–H groups in total. The number of fused-ring (bicyclic) bond motifs is 1. The van der Waals surface area contributed by atoms with E-state index in [1.165, 1.54) is 0 Å². The van der Waals surface area contributed by atoms with Crippen LogP contribution in [0.1, 0.15) is 12.5 Å². The Hall–Kier alpha value is -1.01. The molecule has 1 aromatic rings. The average Bonchev–Trinajstić information content (AvgIpc) is 2.24. The average molecular weight is 252 g/mol.